The monoisotopic (exact) mass is 177 g/mol. The molecular formula is C7H6F3NO. The van der Waals surface area contributed by atoms with Crippen LogP contribution in [-0.2, 0) is 6.67 Å². The van der Waals surface area contributed by atoms with E-state index in [-0.39, 0.29) is 5.69 Å². The highest BCUT2D eigenvalue weighted by atomic mass is 19.3. The first kappa shape index (κ1) is 8.83. The van der Waals surface area contributed by atoms with Crippen LogP contribution in [0.5, 0.6) is 0 Å². The first-order valence-electron chi connectivity index (χ1n) is 3.21. The quantitative estimate of drug-likeness (QED) is 0.733. The van der Waals surface area contributed by atoms with Gasteiger partial charge in [0.25, 0.3) is 6.43 Å². The van der Waals surface area contributed by atoms with Gasteiger partial charge in [0.1, 0.15) is 6.67 Å². The largest absolute Gasteiger partial charge is 0.362 e. The summed E-state index contributed by atoms with van der Waals surface area (Å²) < 4.78 is 36.2. The van der Waals surface area contributed by atoms with E-state index in [4.69, 9.17) is 0 Å². The lowest BCUT2D eigenvalue weighted by molar-refractivity contribution is 0.147. The second kappa shape index (κ2) is 3.42. The molecule has 0 saturated heterocycles. The summed E-state index contributed by atoms with van der Waals surface area (Å²) >= 11 is 0. The Morgan fingerprint density at radius 2 is 2.17 bits per heavy atom. The average molecular weight is 177 g/mol. The van der Waals surface area contributed by atoms with Gasteiger partial charge in [-0.2, -0.15) is 0 Å². The molecule has 0 unspecified atom stereocenters. The number of H-pyrrole nitrogens is 1. The van der Waals surface area contributed by atoms with Crippen molar-refractivity contribution in [3.8, 4) is 0 Å². The number of pyridine rings is 1. The molecule has 1 rings (SSSR count). The molecule has 1 N–H and O–H groups in total. The number of aromatic nitrogens is 1. The molecule has 66 valence electrons. The minimum atomic E-state index is -2.93. The zero-order chi connectivity index (χ0) is 9.14. The van der Waals surface area contributed by atoms with Gasteiger partial charge in [-0.1, -0.05) is 0 Å². The summed E-state index contributed by atoms with van der Waals surface area (Å²) in [5, 5.41) is 0. The number of aromatic amines is 1. The summed E-state index contributed by atoms with van der Waals surface area (Å²) in [4.78, 5) is 13.0. The molecular weight excluding hydrogens is 171 g/mol. The maximum atomic E-state index is 12.1. The highest BCUT2D eigenvalue weighted by Gasteiger charge is 2.16. The Hall–Kier alpha value is -1.26. The predicted octanol–water partition coefficient (Wildman–Crippen LogP) is 1.78. The lowest BCUT2D eigenvalue weighted by Crippen LogP contribution is -2.12. The van der Waals surface area contributed by atoms with E-state index in [1.165, 1.54) is 0 Å². The van der Waals surface area contributed by atoms with E-state index in [1.807, 2.05) is 0 Å². The van der Waals surface area contributed by atoms with Crippen molar-refractivity contribution in [2.45, 2.75) is 13.1 Å². The van der Waals surface area contributed by atoms with Crippen LogP contribution in [0.2, 0.25) is 0 Å². The van der Waals surface area contributed by atoms with Crippen LogP contribution in [0.15, 0.2) is 17.1 Å². The van der Waals surface area contributed by atoms with Gasteiger partial charge < -0.3 is 4.98 Å². The van der Waals surface area contributed by atoms with E-state index >= 15 is 0 Å². The van der Waals surface area contributed by atoms with E-state index in [0.717, 1.165) is 12.3 Å². The van der Waals surface area contributed by atoms with Crippen LogP contribution in [0.25, 0.3) is 0 Å². The SMILES string of the molecule is O=c1cc[nH]c(CF)c1C(F)F. The molecule has 0 atom stereocenters. The lowest BCUT2D eigenvalue weighted by Gasteiger charge is -2.02. The van der Waals surface area contributed by atoms with Crippen LogP contribution < -0.4 is 5.43 Å². The molecule has 1 heterocycles. The second-order valence-electron chi connectivity index (χ2n) is 2.17. The fraction of sp³-hybridized carbons (Fsp3) is 0.286. The number of halogens is 3. The zero-order valence-corrected chi connectivity index (χ0v) is 5.98. The van der Waals surface area contributed by atoms with Gasteiger partial charge in [-0.25, -0.2) is 13.2 Å². The number of hydrogen-bond acceptors (Lipinski definition) is 1. The van der Waals surface area contributed by atoms with Gasteiger partial charge in [-0.15, -0.1) is 0 Å². The summed E-state index contributed by atoms with van der Waals surface area (Å²) in [5.41, 5.74) is -1.96. The third kappa shape index (κ3) is 1.49. The van der Waals surface area contributed by atoms with E-state index in [2.05, 4.69) is 4.98 Å². The lowest BCUT2D eigenvalue weighted by atomic mass is 10.2. The first-order chi connectivity index (χ1) is 5.66. The van der Waals surface area contributed by atoms with E-state index in [1.54, 1.807) is 0 Å². The highest BCUT2D eigenvalue weighted by Crippen LogP contribution is 2.17. The van der Waals surface area contributed by atoms with Crippen LogP contribution in [0.1, 0.15) is 17.7 Å². The molecule has 0 bridgehead atoms. The van der Waals surface area contributed by atoms with Crippen LogP contribution in [0, 0.1) is 0 Å². The van der Waals surface area contributed by atoms with Crippen molar-refractivity contribution >= 4 is 0 Å². The van der Waals surface area contributed by atoms with Gasteiger partial charge in [0.05, 0.1) is 11.3 Å². The molecule has 0 aliphatic carbocycles. The van der Waals surface area contributed by atoms with Gasteiger partial charge in [0.2, 0.25) is 0 Å². The van der Waals surface area contributed by atoms with Crippen molar-refractivity contribution < 1.29 is 13.2 Å². The third-order valence-electron chi connectivity index (χ3n) is 1.43. The summed E-state index contributed by atoms with van der Waals surface area (Å²) in [7, 11) is 0. The molecule has 1 aromatic heterocycles. The summed E-state index contributed by atoms with van der Waals surface area (Å²) in [6.07, 6.45) is -1.79. The molecule has 0 aromatic carbocycles. The second-order valence-corrected chi connectivity index (χ2v) is 2.17. The van der Waals surface area contributed by atoms with Crippen molar-refractivity contribution in [3.63, 3.8) is 0 Å². The number of alkyl halides is 3. The summed E-state index contributed by atoms with van der Waals surface area (Å²) in [6.45, 7) is -1.09. The maximum absolute atomic E-state index is 12.1. The Bertz CT molecular complexity index is 321. The molecule has 0 aliphatic rings. The Morgan fingerprint density at radius 3 is 2.58 bits per heavy atom. The normalized spacial score (nSPS) is 10.7. The van der Waals surface area contributed by atoms with Crippen LogP contribution >= 0.6 is 0 Å². The Balaban J connectivity index is 3.30. The first-order valence-corrected chi connectivity index (χ1v) is 3.21. The molecule has 0 radical (unpaired) electrons. The van der Waals surface area contributed by atoms with Crippen LogP contribution in [0.4, 0.5) is 13.2 Å². The van der Waals surface area contributed by atoms with E-state index in [9.17, 15) is 18.0 Å². The minimum absolute atomic E-state index is 0.350. The van der Waals surface area contributed by atoms with Crippen LogP contribution in [0.3, 0.4) is 0 Å². The highest BCUT2D eigenvalue weighted by molar-refractivity contribution is 5.20. The summed E-state index contributed by atoms with van der Waals surface area (Å²) in [6, 6.07) is 0.945. The maximum Gasteiger partial charge on any atom is 0.269 e. The van der Waals surface area contributed by atoms with Gasteiger partial charge in [-0.3, -0.25) is 4.79 Å². The van der Waals surface area contributed by atoms with Crippen molar-refractivity contribution in [2.75, 3.05) is 0 Å². The van der Waals surface area contributed by atoms with Gasteiger partial charge in [0, 0.05) is 12.3 Å². The Morgan fingerprint density at radius 1 is 1.50 bits per heavy atom. The van der Waals surface area contributed by atoms with Gasteiger partial charge in [0.15, 0.2) is 5.43 Å². The molecule has 12 heavy (non-hydrogen) atoms. The molecule has 0 saturated carbocycles. The van der Waals surface area contributed by atoms with Crippen molar-refractivity contribution in [1.29, 1.82) is 0 Å². The van der Waals surface area contributed by atoms with Gasteiger partial charge in [-0.05, 0) is 0 Å². The minimum Gasteiger partial charge on any atom is -0.362 e. The predicted molar refractivity (Wildman–Crippen MR) is 36.8 cm³/mol. The van der Waals surface area contributed by atoms with Crippen LogP contribution in [-0.4, -0.2) is 4.98 Å². The molecule has 5 heteroatoms. The molecule has 2 nitrogen and oxygen atoms in total. The van der Waals surface area contributed by atoms with Crippen molar-refractivity contribution in [2.24, 2.45) is 0 Å². The topological polar surface area (TPSA) is 32.9 Å². The zero-order valence-electron chi connectivity index (χ0n) is 5.98. The fourth-order valence-corrected chi connectivity index (χ4v) is 0.884. The average Bonchev–Trinajstić information content (AvgIpc) is 2.03. The number of hydrogen-bond donors (Lipinski definition) is 1. The van der Waals surface area contributed by atoms with Crippen molar-refractivity contribution in [3.05, 3.63) is 33.7 Å². The van der Waals surface area contributed by atoms with Crippen molar-refractivity contribution in [1.82, 2.24) is 4.98 Å². The standard InChI is InChI=1S/C7H6F3NO/c8-3-4-6(7(9)10)5(12)1-2-11-4/h1-2,7H,3H2,(H,11,12). The molecule has 0 aliphatic heterocycles. The molecule has 0 spiro atoms. The number of nitrogens with one attached hydrogen (secondary N) is 1. The molecule has 0 fully saturated rings. The Kier molecular flexibility index (Phi) is 2.52. The summed E-state index contributed by atoms with van der Waals surface area (Å²) in [5.74, 6) is 0. The molecule has 1 aromatic rings. The third-order valence-corrected chi connectivity index (χ3v) is 1.43. The fourth-order valence-electron chi connectivity index (χ4n) is 0.884. The molecule has 0 amide bonds. The smallest absolute Gasteiger partial charge is 0.269 e. The van der Waals surface area contributed by atoms with Gasteiger partial charge >= 0.3 is 0 Å². The van der Waals surface area contributed by atoms with E-state index < -0.39 is 24.1 Å². The Labute approximate surface area is 66.0 Å². The van der Waals surface area contributed by atoms with E-state index in [0.29, 0.717) is 0 Å². The number of rotatable bonds is 2.